The predicted molar refractivity (Wildman–Crippen MR) is 49.8 cm³/mol. The lowest BCUT2D eigenvalue weighted by Crippen LogP contribution is -2.37. The molecule has 2 nitrogen and oxygen atoms in total. The minimum atomic E-state index is 0.273. The minimum absolute atomic E-state index is 0.273. The van der Waals surface area contributed by atoms with Gasteiger partial charge in [-0.1, -0.05) is 25.5 Å². The van der Waals surface area contributed by atoms with E-state index < -0.39 is 0 Å². The number of carbonyl (C=O) groups excluding carboxylic acids is 1. The fraction of sp³-hybridized carbons (Fsp3) is 0.700. The maximum atomic E-state index is 11.4. The Morgan fingerprint density at radius 3 is 2.92 bits per heavy atom. The van der Waals surface area contributed by atoms with E-state index in [0.29, 0.717) is 12.3 Å². The molecule has 0 aromatic heterocycles. The number of hydrogen-bond acceptors (Lipinski definition) is 1. The number of hydrogen-bond donors (Lipinski definition) is 0. The average Bonchev–Trinajstić information content (AvgIpc) is 2.01. The Hall–Kier alpha value is -0.790. The molecule has 1 aliphatic heterocycles. The Balaban J connectivity index is 2.61. The van der Waals surface area contributed by atoms with Gasteiger partial charge in [-0.05, 0) is 12.8 Å². The highest BCUT2D eigenvalue weighted by molar-refractivity contribution is 5.76. The second-order valence-corrected chi connectivity index (χ2v) is 3.62. The van der Waals surface area contributed by atoms with Gasteiger partial charge in [-0.3, -0.25) is 4.79 Å². The largest absolute Gasteiger partial charge is 0.338 e. The van der Waals surface area contributed by atoms with Gasteiger partial charge in [0.1, 0.15) is 0 Å². The van der Waals surface area contributed by atoms with Gasteiger partial charge in [-0.15, -0.1) is 0 Å². The average molecular weight is 167 g/mol. The standard InChI is InChI=1S/C10H17NO/c1-4-10(12)11-6-8(2)5-9(3)7-11/h5,8H,4,6-7H2,1-3H3. The molecule has 1 heterocycles. The first-order valence-corrected chi connectivity index (χ1v) is 4.58. The molecular formula is C10H17NO. The van der Waals surface area contributed by atoms with E-state index in [4.69, 9.17) is 0 Å². The molecule has 0 aliphatic carbocycles. The third-order valence-corrected chi connectivity index (χ3v) is 2.17. The molecule has 0 radical (unpaired) electrons. The van der Waals surface area contributed by atoms with Crippen LogP contribution in [0.2, 0.25) is 0 Å². The van der Waals surface area contributed by atoms with Crippen LogP contribution in [0.1, 0.15) is 27.2 Å². The Bertz CT molecular complexity index is 208. The van der Waals surface area contributed by atoms with E-state index in [1.807, 2.05) is 11.8 Å². The van der Waals surface area contributed by atoms with E-state index in [9.17, 15) is 4.79 Å². The molecule has 0 N–H and O–H groups in total. The first-order valence-electron chi connectivity index (χ1n) is 4.58. The van der Waals surface area contributed by atoms with E-state index in [1.54, 1.807) is 0 Å². The van der Waals surface area contributed by atoms with E-state index in [0.717, 1.165) is 13.1 Å². The second-order valence-electron chi connectivity index (χ2n) is 3.62. The Morgan fingerprint density at radius 2 is 2.42 bits per heavy atom. The van der Waals surface area contributed by atoms with Gasteiger partial charge < -0.3 is 4.90 Å². The van der Waals surface area contributed by atoms with Crippen molar-refractivity contribution in [1.29, 1.82) is 0 Å². The zero-order valence-electron chi connectivity index (χ0n) is 8.13. The Kier molecular flexibility index (Phi) is 2.90. The van der Waals surface area contributed by atoms with Crippen LogP contribution in [0, 0.1) is 5.92 Å². The van der Waals surface area contributed by atoms with Crippen LogP contribution in [0.25, 0.3) is 0 Å². The SMILES string of the molecule is CCC(=O)N1CC(C)=CC(C)C1. The van der Waals surface area contributed by atoms with Crippen molar-refractivity contribution in [3.05, 3.63) is 11.6 Å². The molecule has 0 saturated carbocycles. The molecule has 1 amide bonds. The first kappa shape index (κ1) is 9.30. The maximum Gasteiger partial charge on any atom is 0.222 e. The van der Waals surface area contributed by atoms with Crippen molar-refractivity contribution in [2.45, 2.75) is 27.2 Å². The topological polar surface area (TPSA) is 20.3 Å². The molecule has 0 fully saturated rings. The van der Waals surface area contributed by atoms with Crippen LogP contribution >= 0.6 is 0 Å². The molecule has 1 atom stereocenters. The molecule has 12 heavy (non-hydrogen) atoms. The van der Waals surface area contributed by atoms with E-state index in [1.165, 1.54) is 5.57 Å². The summed E-state index contributed by atoms with van der Waals surface area (Å²) >= 11 is 0. The molecule has 1 aliphatic rings. The van der Waals surface area contributed by atoms with Gasteiger partial charge in [0.25, 0.3) is 0 Å². The molecule has 1 rings (SSSR count). The van der Waals surface area contributed by atoms with Crippen LogP contribution in [0.3, 0.4) is 0 Å². The molecule has 1 unspecified atom stereocenters. The van der Waals surface area contributed by atoms with Crippen molar-refractivity contribution in [3.8, 4) is 0 Å². The number of carbonyl (C=O) groups is 1. The molecule has 0 aromatic rings. The van der Waals surface area contributed by atoms with Crippen molar-refractivity contribution >= 4 is 5.91 Å². The van der Waals surface area contributed by atoms with Crippen molar-refractivity contribution in [1.82, 2.24) is 4.90 Å². The minimum Gasteiger partial charge on any atom is -0.338 e. The van der Waals surface area contributed by atoms with Gasteiger partial charge >= 0.3 is 0 Å². The van der Waals surface area contributed by atoms with Crippen molar-refractivity contribution in [3.63, 3.8) is 0 Å². The highest BCUT2D eigenvalue weighted by Crippen LogP contribution is 2.14. The summed E-state index contributed by atoms with van der Waals surface area (Å²) in [4.78, 5) is 13.3. The normalized spacial score (nSPS) is 23.8. The molecule has 0 bridgehead atoms. The predicted octanol–water partition coefficient (Wildman–Crippen LogP) is 1.82. The lowest BCUT2D eigenvalue weighted by atomic mass is 10.0. The zero-order chi connectivity index (χ0) is 9.14. The van der Waals surface area contributed by atoms with Crippen LogP contribution in [-0.4, -0.2) is 23.9 Å². The summed E-state index contributed by atoms with van der Waals surface area (Å²) in [5.41, 5.74) is 1.32. The van der Waals surface area contributed by atoms with E-state index in [2.05, 4.69) is 19.9 Å². The first-order chi connectivity index (χ1) is 5.63. The molecule has 0 spiro atoms. The summed E-state index contributed by atoms with van der Waals surface area (Å²) < 4.78 is 0. The van der Waals surface area contributed by atoms with Crippen LogP contribution in [-0.2, 0) is 4.79 Å². The van der Waals surface area contributed by atoms with Crippen LogP contribution in [0.15, 0.2) is 11.6 Å². The summed E-state index contributed by atoms with van der Waals surface area (Å²) in [6.45, 7) is 7.88. The van der Waals surface area contributed by atoms with Gasteiger partial charge in [0, 0.05) is 19.5 Å². The fourth-order valence-corrected chi connectivity index (χ4v) is 1.72. The van der Waals surface area contributed by atoms with Crippen molar-refractivity contribution < 1.29 is 4.79 Å². The van der Waals surface area contributed by atoms with Crippen LogP contribution in [0.4, 0.5) is 0 Å². The Morgan fingerprint density at radius 1 is 1.75 bits per heavy atom. The summed E-state index contributed by atoms with van der Waals surface area (Å²) in [6, 6.07) is 0. The quantitative estimate of drug-likeness (QED) is 0.545. The third kappa shape index (κ3) is 2.10. The van der Waals surface area contributed by atoms with Crippen LogP contribution < -0.4 is 0 Å². The monoisotopic (exact) mass is 167 g/mol. The molecule has 68 valence electrons. The van der Waals surface area contributed by atoms with E-state index in [-0.39, 0.29) is 5.91 Å². The fourth-order valence-electron chi connectivity index (χ4n) is 1.72. The van der Waals surface area contributed by atoms with Crippen LogP contribution in [0.5, 0.6) is 0 Å². The summed E-state index contributed by atoms with van der Waals surface area (Å²) in [5, 5.41) is 0. The van der Waals surface area contributed by atoms with Crippen molar-refractivity contribution in [2.24, 2.45) is 5.92 Å². The van der Waals surface area contributed by atoms with Gasteiger partial charge in [0.2, 0.25) is 5.91 Å². The lowest BCUT2D eigenvalue weighted by Gasteiger charge is -2.29. The lowest BCUT2D eigenvalue weighted by molar-refractivity contribution is -0.131. The molecular weight excluding hydrogens is 150 g/mol. The summed E-state index contributed by atoms with van der Waals surface area (Å²) in [5.74, 6) is 0.795. The van der Waals surface area contributed by atoms with Gasteiger partial charge in [-0.25, -0.2) is 0 Å². The number of nitrogens with zero attached hydrogens (tertiary/aromatic N) is 1. The Labute approximate surface area is 74.2 Å². The third-order valence-electron chi connectivity index (χ3n) is 2.17. The summed E-state index contributed by atoms with van der Waals surface area (Å²) in [6.07, 6.45) is 2.87. The van der Waals surface area contributed by atoms with Gasteiger partial charge in [0.15, 0.2) is 0 Å². The highest BCUT2D eigenvalue weighted by Gasteiger charge is 2.18. The van der Waals surface area contributed by atoms with Crippen molar-refractivity contribution in [2.75, 3.05) is 13.1 Å². The van der Waals surface area contributed by atoms with E-state index >= 15 is 0 Å². The molecule has 2 heteroatoms. The highest BCUT2D eigenvalue weighted by atomic mass is 16.2. The number of amides is 1. The summed E-state index contributed by atoms with van der Waals surface area (Å²) in [7, 11) is 0. The maximum absolute atomic E-state index is 11.4. The second kappa shape index (κ2) is 3.74. The van der Waals surface area contributed by atoms with Gasteiger partial charge in [0.05, 0.1) is 0 Å². The zero-order valence-corrected chi connectivity index (χ0v) is 8.13. The van der Waals surface area contributed by atoms with Gasteiger partial charge in [-0.2, -0.15) is 0 Å². The number of rotatable bonds is 1. The molecule has 0 saturated heterocycles. The smallest absolute Gasteiger partial charge is 0.222 e. The molecule has 0 aromatic carbocycles.